The van der Waals surface area contributed by atoms with Crippen molar-refractivity contribution in [3.63, 3.8) is 0 Å². The van der Waals surface area contributed by atoms with Crippen LogP contribution in [0.4, 0.5) is 0 Å². The molecule has 22 heavy (non-hydrogen) atoms. The van der Waals surface area contributed by atoms with E-state index in [9.17, 15) is 18.0 Å². The van der Waals surface area contributed by atoms with Gasteiger partial charge in [-0.3, -0.25) is 9.59 Å². The Labute approximate surface area is 139 Å². The Morgan fingerprint density at radius 3 is 2.41 bits per heavy atom. The number of halogens is 2. The molecule has 0 radical (unpaired) electrons. The zero-order valence-corrected chi connectivity index (χ0v) is 14.2. The molecule has 0 aromatic heterocycles. The lowest BCUT2D eigenvalue weighted by Gasteiger charge is -2.07. The topological polar surface area (TPSA) is 92.3 Å². The maximum Gasteiger partial charge on any atom is 0.251 e. The molecule has 0 spiro atoms. The van der Waals surface area contributed by atoms with Gasteiger partial charge in [-0.25, -0.2) is 8.42 Å². The quantitative estimate of drug-likeness (QED) is 0.710. The van der Waals surface area contributed by atoms with Crippen LogP contribution in [0.1, 0.15) is 16.8 Å². The van der Waals surface area contributed by atoms with Crippen LogP contribution in [-0.4, -0.2) is 45.3 Å². The Morgan fingerprint density at radius 2 is 1.82 bits per heavy atom. The third-order valence-electron chi connectivity index (χ3n) is 2.61. The first-order valence-corrected chi connectivity index (χ1v) is 9.18. The van der Waals surface area contributed by atoms with Crippen molar-refractivity contribution in [1.82, 2.24) is 10.6 Å². The molecule has 2 N–H and O–H groups in total. The molecule has 0 bridgehead atoms. The number of benzene rings is 1. The maximum atomic E-state index is 11.8. The predicted molar refractivity (Wildman–Crippen MR) is 86.1 cm³/mol. The van der Waals surface area contributed by atoms with Gasteiger partial charge in [-0.15, -0.1) is 0 Å². The summed E-state index contributed by atoms with van der Waals surface area (Å²) >= 11 is 11.5. The van der Waals surface area contributed by atoms with Gasteiger partial charge in [-0.05, 0) is 24.6 Å². The summed E-state index contributed by atoms with van der Waals surface area (Å²) in [4.78, 5) is 23.3. The van der Waals surface area contributed by atoms with E-state index in [-0.39, 0.29) is 23.9 Å². The van der Waals surface area contributed by atoms with Crippen molar-refractivity contribution in [2.24, 2.45) is 0 Å². The molecule has 0 fully saturated rings. The highest BCUT2D eigenvalue weighted by Gasteiger charge is 2.10. The van der Waals surface area contributed by atoms with Gasteiger partial charge >= 0.3 is 0 Å². The monoisotopic (exact) mass is 366 g/mol. The van der Waals surface area contributed by atoms with E-state index in [0.29, 0.717) is 17.0 Å². The minimum atomic E-state index is -3.04. The van der Waals surface area contributed by atoms with Crippen LogP contribution in [0.3, 0.4) is 0 Å². The summed E-state index contributed by atoms with van der Waals surface area (Å²) in [6.45, 7) is 0.0203. The normalized spacial score (nSPS) is 11.0. The van der Waals surface area contributed by atoms with Gasteiger partial charge in [-0.1, -0.05) is 23.2 Å². The predicted octanol–water partition coefficient (Wildman–Crippen LogP) is 1.27. The highest BCUT2D eigenvalue weighted by atomic mass is 35.5. The van der Waals surface area contributed by atoms with Gasteiger partial charge in [-0.2, -0.15) is 0 Å². The summed E-state index contributed by atoms with van der Waals surface area (Å²) in [7, 11) is -3.04. The second-order valence-corrected chi connectivity index (χ2v) is 7.72. The highest BCUT2D eigenvalue weighted by molar-refractivity contribution is 7.90. The molecule has 6 nitrogen and oxygen atoms in total. The van der Waals surface area contributed by atoms with Gasteiger partial charge in [0.2, 0.25) is 5.91 Å². The summed E-state index contributed by atoms with van der Waals surface area (Å²) < 4.78 is 21.8. The Balaban J connectivity index is 2.34. The van der Waals surface area contributed by atoms with Crippen LogP contribution < -0.4 is 10.6 Å². The van der Waals surface area contributed by atoms with E-state index < -0.39 is 21.7 Å². The lowest BCUT2D eigenvalue weighted by molar-refractivity contribution is -0.120. The van der Waals surface area contributed by atoms with E-state index in [1.807, 2.05) is 0 Å². The molecule has 0 aliphatic heterocycles. The molecule has 9 heteroatoms. The Kier molecular flexibility index (Phi) is 7.12. The summed E-state index contributed by atoms with van der Waals surface area (Å²) in [5, 5.41) is 5.53. The first-order chi connectivity index (χ1) is 10.2. The summed E-state index contributed by atoms with van der Waals surface area (Å²) in [5.41, 5.74) is 0.291. The first kappa shape index (κ1) is 18.7. The van der Waals surface area contributed by atoms with Crippen molar-refractivity contribution in [2.45, 2.75) is 6.42 Å². The number of nitrogens with one attached hydrogen (secondary N) is 2. The van der Waals surface area contributed by atoms with E-state index in [1.54, 1.807) is 0 Å². The molecule has 0 atom stereocenters. The maximum absolute atomic E-state index is 11.8. The van der Waals surface area contributed by atoms with Gasteiger partial charge in [0.15, 0.2) is 0 Å². The Morgan fingerprint density at radius 1 is 1.14 bits per heavy atom. The molecule has 0 saturated heterocycles. The molecule has 0 unspecified atom stereocenters. The van der Waals surface area contributed by atoms with E-state index in [1.165, 1.54) is 18.2 Å². The van der Waals surface area contributed by atoms with Crippen LogP contribution >= 0.6 is 23.2 Å². The molecule has 1 aromatic carbocycles. The fraction of sp³-hybridized carbons (Fsp3) is 0.385. The highest BCUT2D eigenvalue weighted by Crippen LogP contribution is 2.22. The van der Waals surface area contributed by atoms with E-state index in [2.05, 4.69) is 10.6 Å². The van der Waals surface area contributed by atoms with Crippen molar-refractivity contribution in [3.05, 3.63) is 33.8 Å². The van der Waals surface area contributed by atoms with Crippen molar-refractivity contribution in [1.29, 1.82) is 0 Å². The largest absolute Gasteiger partial charge is 0.355 e. The third kappa shape index (κ3) is 7.11. The van der Waals surface area contributed by atoms with Gasteiger partial charge in [0.25, 0.3) is 5.91 Å². The minimum absolute atomic E-state index is 0.00289. The molecule has 0 saturated carbocycles. The average molecular weight is 367 g/mol. The molecule has 1 aromatic rings. The lowest BCUT2D eigenvalue weighted by atomic mass is 10.2. The number of carbonyl (C=O) groups excluding carboxylic acids is 2. The SMILES string of the molecule is CS(=O)(=O)CCCNC(=O)CNC(=O)c1ccc(Cl)c(Cl)c1. The molecule has 0 heterocycles. The molecular weight excluding hydrogens is 351 g/mol. The molecule has 122 valence electrons. The van der Waals surface area contributed by atoms with Crippen molar-refractivity contribution >= 4 is 44.9 Å². The smallest absolute Gasteiger partial charge is 0.251 e. The fourth-order valence-electron chi connectivity index (χ4n) is 1.52. The van der Waals surface area contributed by atoms with E-state index >= 15 is 0 Å². The summed E-state index contributed by atoms with van der Waals surface area (Å²) in [6.07, 6.45) is 1.46. The lowest BCUT2D eigenvalue weighted by Crippen LogP contribution is -2.37. The van der Waals surface area contributed by atoms with Crippen molar-refractivity contribution in [2.75, 3.05) is 25.1 Å². The van der Waals surface area contributed by atoms with Crippen LogP contribution in [0.5, 0.6) is 0 Å². The first-order valence-electron chi connectivity index (χ1n) is 6.37. The number of hydrogen-bond acceptors (Lipinski definition) is 4. The molecule has 1 rings (SSSR count). The zero-order valence-electron chi connectivity index (χ0n) is 11.9. The zero-order chi connectivity index (χ0) is 16.8. The van der Waals surface area contributed by atoms with Gasteiger partial charge in [0.1, 0.15) is 9.84 Å². The molecule has 2 amide bonds. The number of hydrogen-bond donors (Lipinski definition) is 2. The number of carbonyl (C=O) groups is 2. The number of rotatable bonds is 7. The van der Waals surface area contributed by atoms with E-state index in [0.717, 1.165) is 6.26 Å². The average Bonchev–Trinajstić information content (AvgIpc) is 2.43. The summed E-state index contributed by atoms with van der Waals surface area (Å²) in [6, 6.07) is 4.39. The minimum Gasteiger partial charge on any atom is -0.355 e. The van der Waals surface area contributed by atoms with Gasteiger partial charge in [0.05, 0.1) is 22.3 Å². The third-order valence-corrected chi connectivity index (χ3v) is 4.37. The van der Waals surface area contributed by atoms with Crippen LogP contribution in [-0.2, 0) is 14.6 Å². The molecule has 0 aliphatic carbocycles. The Bertz CT molecular complexity index is 662. The van der Waals surface area contributed by atoms with Crippen LogP contribution in [0.15, 0.2) is 18.2 Å². The molecule has 0 aliphatic rings. The van der Waals surface area contributed by atoms with E-state index in [4.69, 9.17) is 23.2 Å². The van der Waals surface area contributed by atoms with Crippen LogP contribution in [0.25, 0.3) is 0 Å². The Hall–Kier alpha value is -1.31. The number of amides is 2. The van der Waals surface area contributed by atoms with Gasteiger partial charge < -0.3 is 10.6 Å². The van der Waals surface area contributed by atoms with Crippen molar-refractivity contribution < 1.29 is 18.0 Å². The van der Waals surface area contributed by atoms with Gasteiger partial charge in [0, 0.05) is 18.4 Å². The fourth-order valence-corrected chi connectivity index (χ4v) is 2.49. The number of sulfone groups is 1. The van der Waals surface area contributed by atoms with Crippen LogP contribution in [0.2, 0.25) is 10.0 Å². The second kappa shape index (κ2) is 8.36. The van der Waals surface area contributed by atoms with Crippen molar-refractivity contribution in [3.8, 4) is 0 Å². The standard InChI is InChI=1S/C13H16Cl2N2O4S/c1-22(20,21)6-2-5-16-12(18)8-17-13(19)9-3-4-10(14)11(15)7-9/h3-4,7H,2,5-6,8H2,1H3,(H,16,18)(H,17,19). The van der Waals surface area contributed by atoms with Crippen LogP contribution in [0, 0.1) is 0 Å². The summed E-state index contributed by atoms with van der Waals surface area (Å²) in [5.74, 6) is -0.852. The molecular formula is C13H16Cl2N2O4S. The second-order valence-electron chi connectivity index (χ2n) is 4.64.